The Labute approximate surface area is 186 Å². The van der Waals surface area contributed by atoms with Crippen molar-refractivity contribution in [1.82, 2.24) is 24.9 Å². The van der Waals surface area contributed by atoms with Crippen LogP contribution >= 0.6 is 11.6 Å². The summed E-state index contributed by atoms with van der Waals surface area (Å²) < 4.78 is 3.61. The average molecular weight is 434 g/mol. The molecule has 2 heterocycles. The summed E-state index contributed by atoms with van der Waals surface area (Å²) in [5, 5.41) is 12.3. The molecule has 158 valence electrons. The zero-order valence-corrected chi connectivity index (χ0v) is 18.3. The molecule has 0 spiro atoms. The number of amides is 1. The molecular formula is C24H24ClN5O. The summed E-state index contributed by atoms with van der Waals surface area (Å²) in [6.45, 7) is 4.64. The number of carbonyl (C=O) groups excluding carboxylic acids is 1. The van der Waals surface area contributed by atoms with Gasteiger partial charge in [-0.25, -0.2) is 9.36 Å². The molecule has 0 aliphatic heterocycles. The lowest BCUT2D eigenvalue weighted by Gasteiger charge is -2.13. The number of rotatable bonds is 7. The summed E-state index contributed by atoms with van der Waals surface area (Å²) in [4.78, 5) is 12.9. The van der Waals surface area contributed by atoms with Gasteiger partial charge in [-0.2, -0.15) is 10.2 Å². The number of hydrogen-bond donors (Lipinski definition) is 1. The van der Waals surface area contributed by atoms with Gasteiger partial charge in [0.15, 0.2) is 0 Å². The van der Waals surface area contributed by atoms with Crippen molar-refractivity contribution < 1.29 is 4.79 Å². The number of carbonyl (C=O) groups is 1. The second kappa shape index (κ2) is 9.18. The van der Waals surface area contributed by atoms with Gasteiger partial charge in [-0.3, -0.25) is 4.79 Å². The van der Waals surface area contributed by atoms with Crippen LogP contribution < -0.4 is 5.32 Å². The van der Waals surface area contributed by atoms with Crippen molar-refractivity contribution in [3.05, 3.63) is 95.0 Å². The van der Waals surface area contributed by atoms with E-state index < -0.39 is 0 Å². The third kappa shape index (κ3) is 4.70. The fourth-order valence-corrected chi connectivity index (χ4v) is 3.74. The van der Waals surface area contributed by atoms with E-state index in [9.17, 15) is 4.79 Å². The minimum Gasteiger partial charge on any atom is -0.352 e. The molecule has 6 nitrogen and oxygen atoms in total. The van der Waals surface area contributed by atoms with Gasteiger partial charge in [0, 0.05) is 24.0 Å². The van der Waals surface area contributed by atoms with Gasteiger partial charge in [0.2, 0.25) is 0 Å². The van der Waals surface area contributed by atoms with Crippen LogP contribution in [-0.2, 0) is 6.42 Å². The Morgan fingerprint density at radius 1 is 1.06 bits per heavy atom. The van der Waals surface area contributed by atoms with Crippen LogP contribution in [0, 0.1) is 0 Å². The van der Waals surface area contributed by atoms with Gasteiger partial charge in [0.1, 0.15) is 0 Å². The number of benzene rings is 2. The quantitative estimate of drug-likeness (QED) is 0.455. The van der Waals surface area contributed by atoms with Crippen molar-refractivity contribution in [2.75, 3.05) is 6.54 Å². The van der Waals surface area contributed by atoms with Crippen molar-refractivity contribution in [2.45, 2.75) is 26.2 Å². The normalized spacial score (nSPS) is 11.1. The van der Waals surface area contributed by atoms with Crippen LogP contribution in [0.1, 0.15) is 41.4 Å². The number of aromatic nitrogens is 4. The highest BCUT2D eigenvalue weighted by molar-refractivity contribution is 6.30. The maximum Gasteiger partial charge on any atom is 0.254 e. The van der Waals surface area contributed by atoms with Gasteiger partial charge in [-0.1, -0.05) is 43.6 Å². The van der Waals surface area contributed by atoms with E-state index >= 15 is 0 Å². The number of hydrogen-bond acceptors (Lipinski definition) is 3. The van der Waals surface area contributed by atoms with E-state index in [2.05, 4.69) is 41.5 Å². The SMILES string of the molecule is CC(C)c1c(C(=O)NCCc2ccc(-n3cccn3)cc2)cnn1-c1cccc(Cl)c1. The van der Waals surface area contributed by atoms with Crippen molar-refractivity contribution in [2.24, 2.45) is 0 Å². The van der Waals surface area contributed by atoms with Gasteiger partial charge >= 0.3 is 0 Å². The monoisotopic (exact) mass is 433 g/mol. The predicted molar refractivity (Wildman–Crippen MR) is 122 cm³/mol. The van der Waals surface area contributed by atoms with Crippen molar-refractivity contribution in [3.8, 4) is 11.4 Å². The van der Waals surface area contributed by atoms with E-state index in [1.54, 1.807) is 17.1 Å². The fourth-order valence-electron chi connectivity index (χ4n) is 3.55. The van der Waals surface area contributed by atoms with Crippen LogP contribution in [0.2, 0.25) is 5.02 Å². The largest absolute Gasteiger partial charge is 0.352 e. The number of halogens is 1. The molecule has 2 aromatic carbocycles. The Hall–Kier alpha value is -3.38. The molecule has 2 aromatic heterocycles. The molecular weight excluding hydrogens is 410 g/mol. The molecule has 1 amide bonds. The molecule has 0 bridgehead atoms. The summed E-state index contributed by atoms with van der Waals surface area (Å²) in [5.41, 5.74) is 4.45. The Bertz CT molecular complexity index is 1160. The minimum absolute atomic E-state index is 0.120. The standard InChI is InChI=1S/C24H24ClN5O/c1-17(2)23-22(16-28-30(23)21-6-3-5-19(25)15-21)24(31)26-13-11-18-7-9-20(10-8-18)29-14-4-12-27-29/h3-10,12,14-17H,11,13H2,1-2H3,(H,26,31). The van der Waals surface area contributed by atoms with Gasteiger partial charge in [0.05, 0.1) is 28.8 Å². The number of nitrogens with zero attached hydrogens (tertiary/aromatic N) is 4. The first kappa shape index (κ1) is 20.9. The zero-order chi connectivity index (χ0) is 21.8. The Morgan fingerprint density at radius 2 is 1.87 bits per heavy atom. The second-order valence-electron chi connectivity index (χ2n) is 7.61. The molecule has 0 fully saturated rings. The maximum absolute atomic E-state index is 12.9. The fraction of sp³-hybridized carbons (Fsp3) is 0.208. The summed E-state index contributed by atoms with van der Waals surface area (Å²) in [6, 6.07) is 17.5. The Morgan fingerprint density at radius 3 is 2.55 bits per heavy atom. The molecule has 1 N–H and O–H groups in total. The molecule has 0 aliphatic rings. The van der Waals surface area contributed by atoms with Crippen molar-refractivity contribution >= 4 is 17.5 Å². The first-order chi connectivity index (χ1) is 15.0. The third-order valence-corrected chi connectivity index (χ3v) is 5.29. The van der Waals surface area contributed by atoms with E-state index in [0.717, 1.165) is 29.1 Å². The molecule has 7 heteroatoms. The summed E-state index contributed by atoms with van der Waals surface area (Å²) in [5.74, 6) is 0.00205. The second-order valence-corrected chi connectivity index (χ2v) is 8.05. The molecule has 0 radical (unpaired) electrons. The molecule has 31 heavy (non-hydrogen) atoms. The Balaban J connectivity index is 1.43. The van der Waals surface area contributed by atoms with Crippen LogP contribution in [0.5, 0.6) is 0 Å². The molecule has 4 aromatic rings. The maximum atomic E-state index is 12.9. The lowest BCUT2D eigenvalue weighted by molar-refractivity contribution is 0.0952. The van der Waals surface area contributed by atoms with Gasteiger partial charge in [-0.05, 0) is 54.3 Å². The van der Waals surface area contributed by atoms with Crippen LogP contribution in [-0.4, -0.2) is 32.0 Å². The van der Waals surface area contributed by atoms with E-state index in [4.69, 9.17) is 11.6 Å². The highest BCUT2D eigenvalue weighted by atomic mass is 35.5. The van der Waals surface area contributed by atoms with Crippen LogP contribution in [0.15, 0.2) is 73.2 Å². The van der Waals surface area contributed by atoms with Crippen LogP contribution in [0.25, 0.3) is 11.4 Å². The average Bonchev–Trinajstić information content (AvgIpc) is 3.44. The number of nitrogens with one attached hydrogen (secondary N) is 1. The first-order valence-electron chi connectivity index (χ1n) is 10.2. The van der Waals surface area contributed by atoms with Crippen LogP contribution in [0.3, 0.4) is 0 Å². The summed E-state index contributed by atoms with van der Waals surface area (Å²) >= 11 is 6.14. The summed E-state index contributed by atoms with van der Waals surface area (Å²) in [6.07, 6.45) is 6.03. The Kier molecular flexibility index (Phi) is 6.18. The highest BCUT2D eigenvalue weighted by Crippen LogP contribution is 2.24. The van der Waals surface area contributed by atoms with Crippen molar-refractivity contribution in [3.63, 3.8) is 0 Å². The smallest absolute Gasteiger partial charge is 0.254 e. The topological polar surface area (TPSA) is 64.7 Å². The lowest BCUT2D eigenvalue weighted by atomic mass is 10.0. The summed E-state index contributed by atoms with van der Waals surface area (Å²) in [7, 11) is 0. The third-order valence-electron chi connectivity index (χ3n) is 5.06. The van der Waals surface area contributed by atoms with Gasteiger partial charge in [0.25, 0.3) is 5.91 Å². The molecule has 0 saturated carbocycles. The zero-order valence-electron chi connectivity index (χ0n) is 17.5. The molecule has 0 unspecified atom stereocenters. The predicted octanol–water partition coefficient (Wildman–Crippen LogP) is 4.81. The van der Waals surface area contributed by atoms with E-state index in [-0.39, 0.29) is 11.8 Å². The van der Waals surface area contributed by atoms with Gasteiger partial charge < -0.3 is 5.32 Å². The minimum atomic E-state index is -0.120. The van der Waals surface area contributed by atoms with Gasteiger partial charge in [-0.15, -0.1) is 0 Å². The molecule has 0 aliphatic carbocycles. The van der Waals surface area contributed by atoms with E-state index in [1.165, 1.54) is 0 Å². The molecule has 0 atom stereocenters. The van der Waals surface area contributed by atoms with E-state index in [0.29, 0.717) is 17.1 Å². The molecule has 4 rings (SSSR count). The van der Waals surface area contributed by atoms with Crippen molar-refractivity contribution in [1.29, 1.82) is 0 Å². The highest BCUT2D eigenvalue weighted by Gasteiger charge is 2.20. The first-order valence-corrected chi connectivity index (χ1v) is 10.6. The van der Waals surface area contributed by atoms with E-state index in [1.807, 2.05) is 53.3 Å². The van der Waals surface area contributed by atoms with Crippen LogP contribution in [0.4, 0.5) is 0 Å². The lowest BCUT2D eigenvalue weighted by Crippen LogP contribution is -2.26. The molecule has 0 saturated heterocycles.